The first kappa shape index (κ1) is 15.5. The summed E-state index contributed by atoms with van der Waals surface area (Å²) in [5, 5.41) is 7.04. The van der Waals surface area contributed by atoms with Gasteiger partial charge in [0, 0.05) is 13.3 Å². The second kappa shape index (κ2) is 6.26. The monoisotopic (exact) mass is 294 g/mol. The van der Waals surface area contributed by atoms with E-state index in [0.29, 0.717) is 31.7 Å². The fourth-order valence-corrected chi connectivity index (χ4v) is 2.57. The molecule has 0 atom stereocenters. The second-order valence-electron chi connectivity index (χ2n) is 5.18. The number of piperazine rings is 1. The van der Waals surface area contributed by atoms with E-state index in [1.807, 2.05) is 13.8 Å². The van der Waals surface area contributed by atoms with Crippen LogP contribution in [0, 0.1) is 0 Å². The van der Waals surface area contributed by atoms with E-state index in [1.54, 1.807) is 24.2 Å². The molecule has 0 aliphatic carbocycles. The number of carbonyl (C=O) groups is 2. The molecular weight excluding hydrogens is 272 g/mol. The molecular formula is C14H22N4O3. The zero-order chi connectivity index (χ0) is 15.5. The van der Waals surface area contributed by atoms with Gasteiger partial charge in [-0.05, 0) is 12.8 Å². The van der Waals surface area contributed by atoms with Crippen LogP contribution in [0.25, 0.3) is 0 Å². The highest BCUT2D eigenvalue weighted by atomic mass is 16.5. The third-order valence-corrected chi connectivity index (χ3v) is 4.00. The lowest BCUT2D eigenvalue weighted by atomic mass is 9.89. The topological polar surface area (TPSA) is 76.5 Å². The molecule has 0 bridgehead atoms. The Hall–Kier alpha value is -1.89. The Balaban J connectivity index is 2.23. The first-order valence-corrected chi connectivity index (χ1v) is 7.20. The van der Waals surface area contributed by atoms with E-state index < -0.39 is 5.54 Å². The van der Waals surface area contributed by atoms with Crippen molar-refractivity contribution in [2.75, 3.05) is 25.2 Å². The molecule has 2 rings (SSSR count). The van der Waals surface area contributed by atoms with Crippen molar-refractivity contribution in [3.8, 4) is 0 Å². The Morgan fingerprint density at radius 1 is 1.38 bits per heavy atom. The average Bonchev–Trinajstić information content (AvgIpc) is 2.96. The van der Waals surface area contributed by atoms with Crippen LogP contribution in [0.1, 0.15) is 26.7 Å². The van der Waals surface area contributed by atoms with Crippen LogP contribution in [0.5, 0.6) is 0 Å². The van der Waals surface area contributed by atoms with Crippen LogP contribution in [0.3, 0.4) is 0 Å². The third-order valence-electron chi connectivity index (χ3n) is 4.00. The van der Waals surface area contributed by atoms with Crippen molar-refractivity contribution in [2.24, 2.45) is 0 Å². The normalized spacial score (nSPS) is 18.0. The Kier molecular flexibility index (Phi) is 4.62. The Morgan fingerprint density at radius 3 is 2.71 bits per heavy atom. The Labute approximate surface area is 124 Å². The minimum Gasteiger partial charge on any atom is -0.383 e. The highest BCUT2D eigenvalue weighted by Gasteiger charge is 2.44. The molecule has 0 saturated carbocycles. The number of methoxy groups -OCH3 is 1. The van der Waals surface area contributed by atoms with Crippen LogP contribution in [-0.4, -0.2) is 47.4 Å². The summed E-state index contributed by atoms with van der Waals surface area (Å²) >= 11 is 0. The van der Waals surface area contributed by atoms with Crippen molar-refractivity contribution < 1.29 is 14.3 Å². The predicted molar refractivity (Wildman–Crippen MR) is 77.9 cm³/mol. The Bertz CT molecular complexity index is 522. The molecule has 1 fully saturated rings. The molecule has 1 saturated heterocycles. The number of nitrogens with zero attached hydrogens (tertiary/aromatic N) is 3. The van der Waals surface area contributed by atoms with Gasteiger partial charge in [-0.1, -0.05) is 13.8 Å². The predicted octanol–water partition coefficient (Wildman–Crippen LogP) is 0.551. The van der Waals surface area contributed by atoms with Gasteiger partial charge in [0.05, 0.1) is 25.0 Å². The van der Waals surface area contributed by atoms with Gasteiger partial charge in [-0.2, -0.15) is 5.10 Å². The lowest BCUT2D eigenvalue weighted by Gasteiger charge is -2.40. The standard InChI is InChI=1S/C14H22N4O3/c1-4-14(5-2)13(20)18(10-12(19)16-14)11-8-15-17(9-11)6-7-21-3/h8-9H,4-7,10H2,1-3H3,(H,16,19). The highest BCUT2D eigenvalue weighted by Crippen LogP contribution is 2.26. The molecule has 2 heterocycles. The maximum atomic E-state index is 12.7. The molecule has 2 amide bonds. The molecule has 0 aromatic carbocycles. The summed E-state index contributed by atoms with van der Waals surface area (Å²) in [6, 6.07) is 0. The number of anilines is 1. The zero-order valence-corrected chi connectivity index (χ0v) is 12.8. The molecule has 0 spiro atoms. The number of hydrogen-bond donors (Lipinski definition) is 1. The van der Waals surface area contributed by atoms with Crippen LogP contribution in [-0.2, 0) is 20.9 Å². The van der Waals surface area contributed by atoms with Gasteiger partial charge in [0.15, 0.2) is 0 Å². The molecule has 1 N–H and O–H groups in total. The summed E-state index contributed by atoms with van der Waals surface area (Å²) in [5.41, 5.74) is -0.151. The van der Waals surface area contributed by atoms with Crippen molar-refractivity contribution in [3.05, 3.63) is 12.4 Å². The van der Waals surface area contributed by atoms with Gasteiger partial charge in [0.1, 0.15) is 12.1 Å². The lowest BCUT2D eigenvalue weighted by molar-refractivity contribution is -0.136. The minimum atomic E-state index is -0.802. The van der Waals surface area contributed by atoms with Crippen molar-refractivity contribution in [1.82, 2.24) is 15.1 Å². The van der Waals surface area contributed by atoms with Crippen molar-refractivity contribution in [3.63, 3.8) is 0 Å². The van der Waals surface area contributed by atoms with Crippen LogP contribution in [0.2, 0.25) is 0 Å². The maximum Gasteiger partial charge on any atom is 0.253 e. The van der Waals surface area contributed by atoms with E-state index >= 15 is 0 Å². The van der Waals surface area contributed by atoms with Gasteiger partial charge in [-0.15, -0.1) is 0 Å². The number of aromatic nitrogens is 2. The molecule has 21 heavy (non-hydrogen) atoms. The molecule has 1 aromatic rings. The summed E-state index contributed by atoms with van der Waals surface area (Å²) in [7, 11) is 1.62. The van der Waals surface area contributed by atoms with E-state index in [-0.39, 0.29) is 18.4 Å². The fraction of sp³-hybridized carbons (Fsp3) is 0.643. The molecule has 0 radical (unpaired) electrons. The van der Waals surface area contributed by atoms with Crippen molar-refractivity contribution >= 4 is 17.5 Å². The van der Waals surface area contributed by atoms with Crippen molar-refractivity contribution in [1.29, 1.82) is 0 Å². The highest BCUT2D eigenvalue weighted by molar-refractivity contribution is 6.09. The molecule has 7 heteroatoms. The van der Waals surface area contributed by atoms with Crippen LogP contribution >= 0.6 is 0 Å². The number of amides is 2. The first-order valence-electron chi connectivity index (χ1n) is 7.20. The van der Waals surface area contributed by atoms with E-state index in [4.69, 9.17) is 4.74 Å². The number of carbonyl (C=O) groups excluding carboxylic acids is 2. The first-order chi connectivity index (χ1) is 10.1. The zero-order valence-electron chi connectivity index (χ0n) is 12.8. The number of nitrogens with one attached hydrogen (secondary N) is 1. The number of ether oxygens (including phenoxy) is 1. The summed E-state index contributed by atoms with van der Waals surface area (Å²) in [6.45, 7) is 5.01. The number of rotatable bonds is 6. The largest absolute Gasteiger partial charge is 0.383 e. The summed E-state index contributed by atoms with van der Waals surface area (Å²) in [4.78, 5) is 26.2. The molecule has 7 nitrogen and oxygen atoms in total. The lowest BCUT2D eigenvalue weighted by Crippen LogP contribution is -2.66. The van der Waals surface area contributed by atoms with Gasteiger partial charge < -0.3 is 10.1 Å². The van der Waals surface area contributed by atoms with Gasteiger partial charge in [0.2, 0.25) is 5.91 Å². The fourth-order valence-electron chi connectivity index (χ4n) is 2.57. The van der Waals surface area contributed by atoms with E-state index in [9.17, 15) is 9.59 Å². The summed E-state index contributed by atoms with van der Waals surface area (Å²) in [5.74, 6) is -0.207. The smallest absolute Gasteiger partial charge is 0.253 e. The van der Waals surface area contributed by atoms with Crippen LogP contribution < -0.4 is 10.2 Å². The van der Waals surface area contributed by atoms with Gasteiger partial charge >= 0.3 is 0 Å². The molecule has 0 unspecified atom stereocenters. The second-order valence-corrected chi connectivity index (χ2v) is 5.18. The minimum absolute atomic E-state index is 0.0382. The van der Waals surface area contributed by atoms with Crippen LogP contribution in [0.15, 0.2) is 12.4 Å². The molecule has 116 valence electrons. The van der Waals surface area contributed by atoms with Crippen molar-refractivity contribution in [2.45, 2.75) is 38.8 Å². The van der Waals surface area contributed by atoms with Crippen LogP contribution in [0.4, 0.5) is 5.69 Å². The average molecular weight is 294 g/mol. The Morgan fingerprint density at radius 2 is 2.10 bits per heavy atom. The third kappa shape index (κ3) is 2.92. The SMILES string of the molecule is CCC1(CC)NC(=O)CN(c2cnn(CCOC)c2)C1=O. The summed E-state index contributed by atoms with van der Waals surface area (Å²) in [6.07, 6.45) is 4.53. The summed E-state index contributed by atoms with van der Waals surface area (Å²) < 4.78 is 6.71. The van der Waals surface area contributed by atoms with E-state index in [1.165, 1.54) is 4.90 Å². The molecule has 1 aliphatic rings. The quantitative estimate of drug-likeness (QED) is 0.831. The molecule has 1 aromatic heterocycles. The van der Waals surface area contributed by atoms with Gasteiger partial charge in [0.25, 0.3) is 5.91 Å². The maximum absolute atomic E-state index is 12.7. The van der Waals surface area contributed by atoms with E-state index in [2.05, 4.69) is 10.4 Å². The number of hydrogen-bond acceptors (Lipinski definition) is 4. The van der Waals surface area contributed by atoms with E-state index in [0.717, 1.165) is 0 Å². The van der Waals surface area contributed by atoms with Gasteiger partial charge in [-0.25, -0.2) is 0 Å². The van der Waals surface area contributed by atoms with Gasteiger partial charge in [-0.3, -0.25) is 19.2 Å². The molecule has 1 aliphatic heterocycles.